The highest BCUT2D eigenvalue weighted by Gasteiger charge is 2.24. The molecule has 1 aliphatic heterocycles. The van der Waals surface area contributed by atoms with Crippen molar-refractivity contribution >= 4 is 52.8 Å². The maximum atomic E-state index is 14.5. The van der Waals surface area contributed by atoms with Gasteiger partial charge in [-0.3, -0.25) is 20.2 Å². The van der Waals surface area contributed by atoms with Crippen molar-refractivity contribution in [1.82, 2.24) is 15.3 Å². The van der Waals surface area contributed by atoms with Gasteiger partial charge >= 0.3 is 6.09 Å². The molecule has 0 radical (unpaired) electrons. The van der Waals surface area contributed by atoms with Crippen LogP contribution < -0.4 is 21.3 Å². The Hall–Kier alpha value is -4.55. The van der Waals surface area contributed by atoms with Crippen LogP contribution in [0.15, 0.2) is 53.9 Å². The van der Waals surface area contributed by atoms with E-state index in [9.17, 15) is 18.8 Å². The topological polar surface area (TPSA) is 166 Å². The van der Waals surface area contributed by atoms with E-state index in [1.807, 2.05) is 6.92 Å². The number of allylic oxidation sites excluding steroid dienone is 1. The quantitative estimate of drug-likeness (QED) is 0.128. The van der Waals surface area contributed by atoms with E-state index in [2.05, 4.69) is 30.7 Å². The van der Waals surface area contributed by atoms with Crippen LogP contribution in [0.5, 0.6) is 0 Å². The number of anilines is 2. The van der Waals surface area contributed by atoms with Gasteiger partial charge in [0.1, 0.15) is 17.1 Å². The molecule has 2 heterocycles. The van der Waals surface area contributed by atoms with E-state index in [0.29, 0.717) is 47.0 Å². The Bertz CT molecular complexity index is 1570. The lowest BCUT2D eigenvalue weighted by atomic mass is 9.97. The van der Waals surface area contributed by atoms with Gasteiger partial charge in [-0.05, 0) is 36.6 Å². The number of hydrogen-bond donors (Lipinski definition) is 6. The van der Waals surface area contributed by atoms with Gasteiger partial charge in [0.15, 0.2) is 5.69 Å². The highest BCUT2D eigenvalue weighted by atomic mass is 35.5. The number of halogens is 2. The second-order valence-corrected chi connectivity index (χ2v) is 10.8. The molecule has 1 aliphatic rings. The summed E-state index contributed by atoms with van der Waals surface area (Å²) in [6.07, 6.45) is 4.12. The largest absolute Gasteiger partial charge is 0.453 e. The van der Waals surface area contributed by atoms with Crippen molar-refractivity contribution in [2.75, 3.05) is 17.7 Å². The van der Waals surface area contributed by atoms with Crippen LogP contribution in [0.1, 0.15) is 51.4 Å². The molecule has 2 aromatic carbocycles. The first kappa shape index (κ1) is 31.4. The molecule has 3 aromatic rings. The predicted molar refractivity (Wildman–Crippen MR) is 162 cm³/mol. The number of hydrogen-bond acceptors (Lipinski definition) is 6. The number of nitrogens with one attached hydrogen (secondary N) is 5. The number of H-pyrrole nitrogens is 1. The molecule has 11 nitrogen and oxygen atoms in total. The number of carbonyl (C=O) groups is 3. The smallest absolute Gasteiger partial charge is 0.411 e. The number of nitrogens with two attached hydrogens (primary N) is 1. The van der Waals surface area contributed by atoms with E-state index in [4.69, 9.17) is 17.0 Å². The maximum Gasteiger partial charge on any atom is 0.411 e. The lowest BCUT2D eigenvalue weighted by Crippen LogP contribution is -2.76. The number of methoxy groups -OCH3 is 1. The number of ether oxygens (including phenoxy) is 1. The van der Waals surface area contributed by atoms with Crippen LogP contribution in [-0.4, -0.2) is 41.2 Å². The van der Waals surface area contributed by atoms with Crippen molar-refractivity contribution in [3.63, 3.8) is 0 Å². The summed E-state index contributed by atoms with van der Waals surface area (Å²) in [5.41, 5.74) is 2.78. The van der Waals surface area contributed by atoms with E-state index in [1.54, 1.807) is 37.4 Å². The number of fused-ring (bicyclic) bond motifs is 4. The molecule has 0 fully saturated rings. The van der Waals surface area contributed by atoms with Gasteiger partial charge in [0.05, 0.1) is 35.8 Å². The number of rotatable bonds is 6. The van der Waals surface area contributed by atoms with Crippen molar-refractivity contribution < 1.29 is 28.8 Å². The maximum absolute atomic E-state index is 14.5. The molecule has 43 heavy (non-hydrogen) atoms. The molecule has 0 saturated carbocycles. The fourth-order valence-electron chi connectivity index (χ4n) is 4.88. The van der Waals surface area contributed by atoms with Crippen LogP contribution in [0.3, 0.4) is 0 Å². The highest BCUT2D eigenvalue weighted by molar-refractivity contribution is 6.30. The van der Waals surface area contributed by atoms with Gasteiger partial charge < -0.3 is 25.8 Å². The summed E-state index contributed by atoms with van der Waals surface area (Å²) in [5, 5.41) is 17.9. The van der Waals surface area contributed by atoms with Crippen LogP contribution in [0.4, 0.5) is 26.2 Å². The van der Waals surface area contributed by atoms with Gasteiger partial charge in [0, 0.05) is 36.9 Å². The third-order valence-corrected chi connectivity index (χ3v) is 7.43. The number of carbonyl (C=O) groups excluding carboxylic acids is 3. The fourth-order valence-corrected chi connectivity index (χ4v) is 5.07. The SMILES string of the molecule is COC(=O)Nc1ccc2c(c1)NC(=O)CC(C)CCCC(NC(=O)C(C=N)=C(C)[NH2+]c1cccc(Cl)c1F)c1ncc-2[nH]1. The van der Waals surface area contributed by atoms with E-state index in [-0.39, 0.29) is 34.5 Å². The fraction of sp³-hybridized carbons (Fsp3) is 0.300. The second-order valence-electron chi connectivity index (χ2n) is 10.4. The molecule has 1 aromatic heterocycles. The zero-order valence-electron chi connectivity index (χ0n) is 24.0. The Labute approximate surface area is 253 Å². The van der Waals surface area contributed by atoms with Crippen molar-refractivity contribution in [2.45, 2.75) is 45.6 Å². The van der Waals surface area contributed by atoms with Gasteiger partial charge in [-0.2, -0.15) is 4.39 Å². The molecule has 3 amide bonds. The van der Waals surface area contributed by atoms with Crippen molar-refractivity contribution in [3.8, 4) is 11.3 Å². The number of aromatic nitrogens is 2. The van der Waals surface area contributed by atoms with E-state index in [1.165, 1.54) is 24.6 Å². The minimum atomic E-state index is -0.643. The monoisotopic (exact) mass is 610 g/mol. The lowest BCUT2D eigenvalue weighted by Gasteiger charge is -2.18. The minimum Gasteiger partial charge on any atom is -0.453 e. The molecular formula is C30H34ClFN7O4+. The zero-order valence-corrected chi connectivity index (χ0v) is 24.8. The lowest BCUT2D eigenvalue weighted by molar-refractivity contribution is -0.519. The van der Waals surface area contributed by atoms with Crippen LogP contribution in [0, 0.1) is 17.1 Å². The van der Waals surface area contributed by atoms with Crippen LogP contribution in [-0.2, 0) is 14.3 Å². The Kier molecular flexibility index (Phi) is 10.3. The van der Waals surface area contributed by atoms with Gasteiger partial charge in [-0.1, -0.05) is 37.4 Å². The first-order chi connectivity index (χ1) is 20.6. The molecule has 2 bridgehead atoms. The first-order valence-electron chi connectivity index (χ1n) is 13.7. The number of imidazole rings is 1. The molecule has 0 spiro atoms. The van der Waals surface area contributed by atoms with Gasteiger partial charge in [-0.25, -0.2) is 9.78 Å². The third kappa shape index (κ3) is 7.85. The highest BCUT2D eigenvalue weighted by Crippen LogP contribution is 2.32. The molecule has 13 heteroatoms. The van der Waals surface area contributed by atoms with E-state index < -0.39 is 23.9 Å². The normalized spacial score (nSPS) is 17.6. The Morgan fingerprint density at radius 1 is 1.26 bits per heavy atom. The summed E-state index contributed by atoms with van der Waals surface area (Å²) in [5.74, 6) is -0.735. The second kappa shape index (κ2) is 14.1. The summed E-state index contributed by atoms with van der Waals surface area (Å²) in [6.45, 7) is 3.61. The number of amides is 3. The standard InChI is InChI=1S/C30H33ClFN7O4/c1-16-6-4-9-23(39-29(41)20(14-33)17(2)35-22-8-5-7-21(31)27(22)32)28-34-15-25(38-28)19-11-10-18(36-30(42)43-3)13-24(19)37-26(40)12-16/h5,7-8,10-11,13-16,23,33,35H,4,6,9,12H2,1-3H3,(H,34,38)(H,36,42)(H,37,40)(H,39,41)/p+1. The summed E-state index contributed by atoms with van der Waals surface area (Å²) >= 11 is 5.90. The first-order valence-corrected chi connectivity index (χ1v) is 14.1. The van der Waals surface area contributed by atoms with Crippen LogP contribution in [0.2, 0.25) is 5.02 Å². The molecular weight excluding hydrogens is 577 g/mol. The molecule has 2 atom stereocenters. The zero-order chi connectivity index (χ0) is 31.1. The summed E-state index contributed by atoms with van der Waals surface area (Å²) in [6, 6.07) is 9.09. The van der Waals surface area contributed by atoms with Crippen molar-refractivity contribution in [3.05, 3.63) is 70.5 Å². The molecule has 2 unspecified atom stereocenters. The molecule has 226 valence electrons. The third-order valence-electron chi connectivity index (χ3n) is 7.14. The van der Waals surface area contributed by atoms with Gasteiger partial charge in [0.25, 0.3) is 5.91 Å². The number of aromatic amines is 1. The Morgan fingerprint density at radius 3 is 2.79 bits per heavy atom. The van der Waals surface area contributed by atoms with Crippen molar-refractivity contribution in [2.24, 2.45) is 5.92 Å². The molecule has 4 rings (SSSR count). The summed E-state index contributed by atoms with van der Waals surface area (Å²) in [7, 11) is 1.26. The molecule has 7 N–H and O–H groups in total. The van der Waals surface area contributed by atoms with Crippen LogP contribution in [0.25, 0.3) is 11.3 Å². The summed E-state index contributed by atoms with van der Waals surface area (Å²) in [4.78, 5) is 45.9. The number of quaternary nitrogens is 1. The number of benzene rings is 2. The molecule has 0 saturated heterocycles. The Morgan fingerprint density at radius 2 is 2.05 bits per heavy atom. The minimum absolute atomic E-state index is 0.0382. The van der Waals surface area contributed by atoms with E-state index >= 15 is 0 Å². The van der Waals surface area contributed by atoms with Gasteiger partial charge in [0.2, 0.25) is 11.7 Å². The average Bonchev–Trinajstić information content (AvgIpc) is 3.45. The van der Waals surface area contributed by atoms with E-state index in [0.717, 1.165) is 12.6 Å². The Balaban J connectivity index is 1.64. The van der Waals surface area contributed by atoms with Crippen molar-refractivity contribution in [1.29, 1.82) is 5.41 Å². The number of nitrogens with zero attached hydrogens (tertiary/aromatic N) is 1. The van der Waals surface area contributed by atoms with Crippen LogP contribution >= 0.6 is 11.6 Å². The molecule has 0 aliphatic carbocycles. The van der Waals surface area contributed by atoms with Gasteiger partial charge in [-0.15, -0.1) is 0 Å². The average molecular weight is 611 g/mol. The predicted octanol–water partition coefficient (Wildman–Crippen LogP) is 5.17. The summed E-state index contributed by atoms with van der Waals surface area (Å²) < 4.78 is 19.2.